The van der Waals surface area contributed by atoms with Crippen molar-refractivity contribution in [3.05, 3.63) is 12.2 Å². The minimum absolute atomic E-state index is 0.285. The van der Waals surface area contributed by atoms with Gasteiger partial charge in [0, 0.05) is 16.6 Å². The van der Waals surface area contributed by atoms with Crippen LogP contribution >= 0.6 is 11.8 Å². The molecule has 0 saturated carbocycles. The van der Waals surface area contributed by atoms with Crippen LogP contribution < -0.4 is 0 Å². The molecule has 0 radical (unpaired) electrons. The van der Waals surface area contributed by atoms with Crippen molar-refractivity contribution >= 4 is 17.7 Å². The van der Waals surface area contributed by atoms with Crippen LogP contribution in [0.15, 0.2) is 12.2 Å². The van der Waals surface area contributed by atoms with Crippen molar-refractivity contribution in [3.8, 4) is 0 Å². The van der Waals surface area contributed by atoms with Crippen molar-refractivity contribution in [2.24, 2.45) is 5.92 Å². The molecule has 0 aliphatic carbocycles. The summed E-state index contributed by atoms with van der Waals surface area (Å²) in [5.74, 6) is 0.212. The van der Waals surface area contributed by atoms with E-state index in [0.717, 1.165) is 0 Å². The molecule has 70 valence electrons. The number of hydrogen-bond donors (Lipinski definition) is 1. The van der Waals surface area contributed by atoms with Gasteiger partial charge in [0.1, 0.15) is 0 Å². The normalized spacial score (nSPS) is 13.0. The molecule has 0 aromatic rings. The van der Waals surface area contributed by atoms with Crippen LogP contribution in [0, 0.1) is 5.92 Å². The number of thioether (sulfide) groups is 1. The van der Waals surface area contributed by atoms with E-state index >= 15 is 0 Å². The largest absolute Gasteiger partial charge is 0.478 e. The highest BCUT2D eigenvalue weighted by Gasteiger charge is 2.10. The van der Waals surface area contributed by atoms with Crippen molar-refractivity contribution in [3.63, 3.8) is 0 Å². The van der Waals surface area contributed by atoms with Gasteiger partial charge in [-0.25, -0.2) is 4.79 Å². The average molecular weight is 188 g/mol. The lowest BCUT2D eigenvalue weighted by Gasteiger charge is -2.14. The summed E-state index contributed by atoms with van der Waals surface area (Å²) in [6.45, 7) is 9.82. The van der Waals surface area contributed by atoms with Crippen LogP contribution in [0.25, 0.3) is 0 Å². The maximum Gasteiger partial charge on any atom is 0.331 e. The molecule has 0 heterocycles. The standard InChI is InChI=1S/C9H16O2S/c1-6(2)8(4)12-5-7(3)9(10)11/h6,8H,3,5H2,1-2,4H3,(H,10,11). The van der Waals surface area contributed by atoms with Gasteiger partial charge in [-0.2, -0.15) is 11.8 Å². The summed E-state index contributed by atoms with van der Waals surface area (Å²) < 4.78 is 0. The van der Waals surface area contributed by atoms with Gasteiger partial charge in [-0.1, -0.05) is 27.4 Å². The minimum atomic E-state index is -0.890. The third-order valence-corrected chi connectivity index (χ3v) is 3.35. The summed E-state index contributed by atoms with van der Waals surface area (Å²) in [6.07, 6.45) is 0. The first-order valence-electron chi connectivity index (χ1n) is 3.97. The van der Waals surface area contributed by atoms with E-state index in [1.807, 2.05) is 0 Å². The second-order valence-electron chi connectivity index (χ2n) is 3.17. The summed E-state index contributed by atoms with van der Waals surface area (Å²) in [4.78, 5) is 10.4. The molecule has 0 aliphatic rings. The maximum atomic E-state index is 10.4. The van der Waals surface area contributed by atoms with Crippen LogP contribution in [0.5, 0.6) is 0 Å². The van der Waals surface area contributed by atoms with Gasteiger partial charge >= 0.3 is 5.97 Å². The molecule has 0 aromatic carbocycles. The predicted molar refractivity (Wildman–Crippen MR) is 53.5 cm³/mol. The smallest absolute Gasteiger partial charge is 0.331 e. The minimum Gasteiger partial charge on any atom is -0.478 e. The molecule has 0 amide bonds. The summed E-state index contributed by atoms with van der Waals surface area (Å²) in [5, 5.41) is 9.01. The quantitative estimate of drug-likeness (QED) is 0.673. The highest BCUT2D eigenvalue weighted by atomic mass is 32.2. The van der Waals surface area contributed by atoms with Crippen LogP contribution in [0.2, 0.25) is 0 Å². The summed E-state index contributed by atoms with van der Waals surface area (Å²) in [6, 6.07) is 0. The topological polar surface area (TPSA) is 37.3 Å². The lowest BCUT2D eigenvalue weighted by Crippen LogP contribution is -2.09. The van der Waals surface area contributed by atoms with Crippen LogP contribution in [0.4, 0.5) is 0 Å². The van der Waals surface area contributed by atoms with Crippen LogP contribution in [-0.4, -0.2) is 22.1 Å². The summed E-state index contributed by atoms with van der Waals surface area (Å²) in [5.41, 5.74) is 0.285. The van der Waals surface area contributed by atoms with Gasteiger partial charge in [-0.3, -0.25) is 0 Å². The zero-order valence-electron chi connectivity index (χ0n) is 7.83. The molecule has 0 saturated heterocycles. The van der Waals surface area contributed by atoms with E-state index in [1.165, 1.54) is 0 Å². The first-order valence-corrected chi connectivity index (χ1v) is 5.02. The SMILES string of the molecule is C=C(CSC(C)C(C)C)C(=O)O. The number of carboxylic acids is 1. The van der Waals surface area contributed by atoms with Crippen LogP contribution in [0.1, 0.15) is 20.8 Å². The molecular formula is C9H16O2S. The zero-order valence-corrected chi connectivity index (χ0v) is 8.65. The summed E-state index contributed by atoms with van der Waals surface area (Å²) in [7, 11) is 0. The van der Waals surface area contributed by atoms with E-state index in [2.05, 4.69) is 27.4 Å². The lowest BCUT2D eigenvalue weighted by molar-refractivity contribution is -0.132. The average Bonchev–Trinajstić information content (AvgIpc) is 1.98. The first kappa shape index (κ1) is 11.6. The number of carboxylic acid groups (broad SMARTS) is 1. The Bertz CT molecular complexity index is 175. The Hall–Kier alpha value is -0.440. The van der Waals surface area contributed by atoms with E-state index in [4.69, 9.17) is 5.11 Å². The number of hydrogen-bond acceptors (Lipinski definition) is 2. The molecule has 12 heavy (non-hydrogen) atoms. The Balaban J connectivity index is 3.69. The molecule has 0 fully saturated rings. The maximum absolute atomic E-state index is 10.4. The van der Waals surface area contributed by atoms with Crippen molar-refractivity contribution in [2.45, 2.75) is 26.0 Å². The van der Waals surface area contributed by atoms with Gasteiger partial charge in [0.15, 0.2) is 0 Å². The molecule has 0 aromatic heterocycles. The monoisotopic (exact) mass is 188 g/mol. The Labute approximate surface area is 78.0 Å². The second kappa shape index (κ2) is 5.25. The second-order valence-corrected chi connectivity index (χ2v) is 4.53. The molecule has 0 rings (SSSR count). The van der Waals surface area contributed by atoms with Gasteiger partial charge in [0.2, 0.25) is 0 Å². The van der Waals surface area contributed by atoms with E-state index < -0.39 is 5.97 Å². The van der Waals surface area contributed by atoms with E-state index in [0.29, 0.717) is 16.9 Å². The molecule has 3 heteroatoms. The van der Waals surface area contributed by atoms with Gasteiger partial charge in [-0.05, 0) is 5.92 Å². The number of rotatable bonds is 5. The first-order chi connectivity index (χ1) is 5.45. The summed E-state index contributed by atoms with van der Waals surface area (Å²) >= 11 is 1.64. The Morgan fingerprint density at radius 1 is 1.50 bits per heavy atom. The fourth-order valence-electron chi connectivity index (χ4n) is 0.486. The highest BCUT2D eigenvalue weighted by Crippen LogP contribution is 2.20. The number of aliphatic carboxylic acids is 1. The molecule has 0 spiro atoms. The Morgan fingerprint density at radius 2 is 2.00 bits per heavy atom. The third kappa shape index (κ3) is 4.44. The highest BCUT2D eigenvalue weighted by molar-refractivity contribution is 8.00. The van der Waals surface area contributed by atoms with Crippen molar-refractivity contribution in [1.82, 2.24) is 0 Å². The van der Waals surface area contributed by atoms with Gasteiger partial charge in [0.25, 0.3) is 0 Å². The van der Waals surface area contributed by atoms with Gasteiger partial charge < -0.3 is 5.11 Å². The lowest BCUT2D eigenvalue weighted by atomic mass is 10.2. The molecule has 1 unspecified atom stereocenters. The molecule has 0 bridgehead atoms. The van der Waals surface area contributed by atoms with Crippen LogP contribution in [-0.2, 0) is 4.79 Å². The van der Waals surface area contributed by atoms with E-state index in [-0.39, 0.29) is 5.57 Å². The third-order valence-electron chi connectivity index (χ3n) is 1.76. The molecule has 1 atom stereocenters. The predicted octanol–water partition coefficient (Wildman–Crippen LogP) is 2.40. The fourth-order valence-corrected chi connectivity index (χ4v) is 1.46. The van der Waals surface area contributed by atoms with E-state index in [9.17, 15) is 4.79 Å². The molecule has 0 aliphatic heterocycles. The van der Waals surface area contributed by atoms with Gasteiger partial charge in [-0.15, -0.1) is 0 Å². The number of carbonyl (C=O) groups is 1. The van der Waals surface area contributed by atoms with Crippen molar-refractivity contribution < 1.29 is 9.90 Å². The van der Waals surface area contributed by atoms with Crippen molar-refractivity contribution in [2.75, 3.05) is 5.75 Å². The Morgan fingerprint density at radius 3 is 2.33 bits per heavy atom. The molecule has 2 nitrogen and oxygen atoms in total. The van der Waals surface area contributed by atoms with Gasteiger partial charge in [0.05, 0.1) is 0 Å². The van der Waals surface area contributed by atoms with Crippen molar-refractivity contribution in [1.29, 1.82) is 0 Å². The molecule has 1 N–H and O–H groups in total. The van der Waals surface area contributed by atoms with E-state index in [1.54, 1.807) is 11.8 Å². The van der Waals surface area contributed by atoms with Crippen LogP contribution in [0.3, 0.4) is 0 Å². The fraction of sp³-hybridized carbons (Fsp3) is 0.667. The zero-order chi connectivity index (χ0) is 9.72. The molecular weight excluding hydrogens is 172 g/mol. The Kier molecular flexibility index (Phi) is 5.06.